The molecule has 0 atom stereocenters. The zero-order valence-corrected chi connectivity index (χ0v) is 18.0. The summed E-state index contributed by atoms with van der Waals surface area (Å²) >= 11 is 0. The van der Waals surface area contributed by atoms with Crippen molar-refractivity contribution >= 4 is 17.9 Å². The van der Waals surface area contributed by atoms with Gasteiger partial charge in [0, 0.05) is 25.7 Å². The Kier molecular flexibility index (Phi) is 7.65. The molecule has 0 unspecified atom stereocenters. The van der Waals surface area contributed by atoms with Crippen molar-refractivity contribution in [1.82, 2.24) is 9.80 Å². The van der Waals surface area contributed by atoms with Crippen LogP contribution in [0.25, 0.3) is 0 Å². The van der Waals surface area contributed by atoms with E-state index in [-0.39, 0.29) is 12.1 Å². The first-order chi connectivity index (χ1) is 14.0. The van der Waals surface area contributed by atoms with Gasteiger partial charge in [0.05, 0.1) is 12.0 Å². The fraction of sp³-hybridized carbons (Fsp3) is 0.391. The van der Waals surface area contributed by atoms with Crippen molar-refractivity contribution in [3.05, 3.63) is 64.2 Å². The molecule has 1 amide bonds. The molecule has 0 spiro atoms. The van der Waals surface area contributed by atoms with E-state index in [0.717, 1.165) is 22.6 Å². The van der Waals surface area contributed by atoms with Gasteiger partial charge in [0.15, 0.2) is 0 Å². The number of halogens is 3. The third-order valence-corrected chi connectivity index (χ3v) is 4.95. The van der Waals surface area contributed by atoms with E-state index in [0.29, 0.717) is 16.8 Å². The molecule has 0 radical (unpaired) electrons. The Morgan fingerprint density at radius 1 is 1.07 bits per heavy atom. The molecular formula is C23H28F3N3O. The molecule has 0 saturated carbocycles. The summed E-state index contributed by atoms with van der Waals surface area (Å²) in [5.41, 5.74) is 3.79. The van der Waals surface area contributed by atoms with E-state index in [9.17, 15) is 18.0 Å². The summed E-state index contributed by atoms with van der Waals surface area (Å²) in [6, 6.07) is 10.5. The predicted octanol–water partition coefficient (Wildman–Crippen LogP) is 5.43. The number of alkyl halides is 3. The number of carbonyl (C=O) groups is 1. The molecule has 2 aromatic rings. The molecule has 2 rings (SSSR count). The summed E-state index contributed by atoms with van der Waals surface area (Å²) in [6.07, 6.45) is -2.80. The number of benzene rings is 2. The second-order valence-corrected chi connectivity index (χ2v) is 7.47. The molecule has 7 heteroatoms. The third-order valence-electron chi connectivity index (χ3n) is 4.95. The van der Waals surface area contributed by atoms with Gasteiger partial charge in [-0.15, -0.1) is 0 Å². The van der Waals surface area contributed by atoms with Gasteiger partial charge in [0.25, 0.3) is 5.91 Å². The summed E-state index contributed by atoms with van der Waals surface area (Å²) in [4.78, 5) is 20.3. The number of amides is 1. The van der Waals surface area contributed by atoms with Gasteiger partial charge in [-0.1, -0.05) is 24.3 Å². The monoisotopic (exact) mass is 419 g/mol. The largest absolute Gasteiger partial charge is 0.406 e. The highest BCUT2D eigenvalue weighted by molar-refractivity contribution is 5.96. The quantitative estimate of drug-likeness (QED) is 0.443. The van der Waals surface area contributed by atoms with Gasteiger partial charge in [-0.25, -0.2) is 4.99 Å². The minimum atomic E-state index is -4.49. The van der Waals surface area contributed by atoms with E-state index in [2.05, 4.69) is 4.99 Å². The Morgan fingerprint density at radius 2 is 1.73 bits per heavy atom. The summed E-state index contributed by atoms with van der Waals surface area (Å²) in [5, 5.41) is 0. The molecular weight excluding hydrogens is 391 g/mol. The minimum Gasteiger partial charge on any atom is -0.366 e. The third kappa shape index (κ3) is 6.34. The van der Waals surface area contributed by atoms with E-state index in [1.165, 1.54) is 0 Å². The molecule has 0 aromatic heterocycles. The Morgan fingerprint density at radius 3 is 2.33 bits per heavy atom. The Labute approximate surface area is 176 Å². The maximum Gasteiger partial charge on any atom is 0.406 e. The fourth-order valence-corrected chi connectivity index (χ4v) is 2.99. The highest BCUT2D eigenvalue weighted by Crippen LogP contribution is 2.26. The number of aliphatic imine (C=N–C) groups is 1. The molecule has 30 heavy (non-hydrogen) atoms. The zero-order valence-electron chi connectivity index (χ0n) is 18.0. The Bertz CT molecular complexity index is 922. The number of carbonyl (C=O) groups excluding carboxylic acids is 1. The smallest absolute Gasteiger partial charge is 0.366 e. The molecule has 0 aliphatic rings. The van der Waals surface area contributed by atoms with E-state index in [1.54, 1.807) is 44.5 Å². The summed E-state index contributed by atoms with van der Waals surface area (Å²) < 4.78 is 39.7. The first-order valence-corrected chi connectivity index (χ1v) is 9.78. The van der Waals surface area contributed by atoms with E-state index >= 15 is 0 Å². The summed E-state index contributed by atoms with van der Waals surface area (Å²) in [5.74, 6) is -0.641. The molecule has 0 aliphatic heterocycles. The standard InChI is InChI=1S/C23H28F3N3O/c1-6-28(5)15-27-21-12-17(3)20(11-18(21)4)22(30)29(14-23(24,25)26)13-19-10-8-7-9-16(19)2/h7-12,15H,6,13-14H2,1-5H3. The lowest BCUT2D eigenvalue weighted by Gasteiger charge is -2.26. The summed E-state index contributed by atoms with van der Waals surface area (Å²) in [6.45, 7) is 6.71. The molecule has 0 heterocycles. The van der Waals surface area contributed by atoms with Crippen LogP contribution in [-0.2, 0) is 6.54 Å². The molecule has 0 N–H and O–H groups in total. The fourth-order valence-electron chi connectivity index (χ4n) is 2.99. The number of hydrogen-bond donors (Lipinski definition) is 0. The highest BCUT2D eigenvalue weighted by atomic mass is 19.4. The normalized spacial score (nSPS) is 11.7. The first kappa shape index (κ1) is 23.4. The predicted molar refractivity (Wildman–Crippen MR) is 114 cm³/mol. The average molecular weight is 419 g/mol. The van der Waals surface area contributed by atoms with Crippen LogP contribution in [0.1, 0.15) is 39.5 Å². The topological polar surface area (TPSA) is 35.9 Å². The van der Waals surface area contributed by atoms with Crippen LogP contribution in [0.2, 0.25) is 0 Å². The van der Waals surface area contributed by atoms with Crippen molar-refractivity contribution in [2.24, 2.45) is 4.99 Å². The number of rotatable bonds is 7. The molecule has 0 fully saturated rings. The van der Waals surface area contributed by atoms with E-state index < -0.39 is 18.6 Å². The Balaban J connectivity index is 2.38. The van der Waals surface area contributed by atoms with Gasteiger partial charge in [0.2, 0.25) is 0 Å². The maximum absolute atomic E-state index is 13.2. The lowest BCUT2D eigenvalue weighted by molar-refractivity contribution is -0.141. The van der Waals surface area contributed by atoms with Crippen molar-refractivity contribution in [1.29, 1.82) is 0 Å². The van der Waals surface area contributed by atoms with Crippen molar-refractivity contribution < 1.29 is 18.0 Å². The van der Waals surface area contributed by atoms with Gasteiger partial charge < -0.3 is 9.80 Å². The van der Waals surface area contributed by atoms with Gasteiger partial charge in [0.1, 0.15) is 6.54 Å². The van der Waals surface area contributed by atoms with Crippen LogP contribution in [0.3, 0.4) is 0 Å². The molecule has 0 bridgehead atoms. The van der Waals surface area contributed by atoms with Crippen LogP contribution in [0.4, 0.5) is 18.9 Å². The van der Waals surface area contributed by atoms with E-state index in [4.69, 9.17) is 0 Å². The van der Waals surface area contributed by atoms with Crippen molar-refractivity contribution in [3.63, 3.8) is 0 Å². The molecule has 4 nitrogen and oxygen atoms in total. The van der Waals surface area contributed by atoms with Crippen molar-refractivity contribution in [2.45, 2.75) is 40.4 Å². The van der Waals surface area contributed by atoms with Gasteiger partial charge in [-0.05, 0) is 62.1 Å². The lowest BCUT2D eigenvalue weighted by atomic mass is 10.0. The van der Waals surface area contributed by atoms with Crippen molar-refractivity contribution in [3.8, 4) is 0 Å². The van der Waals surface area contributed by atoms with Crippen LogP contribution in [0.5, 0.6) is 0 Å². The zero-order chi connectivity index (χ0) is 22.5. The number of hydrogen-bond acceptors (Lipinski definition) is 2. The van der Waals surface area contributed by atoms with Gasteiger partial charge in [-0.2, -0.15) is 13.2 Å². The Hall–Kier alpha value is -2.83. The van der Waals surface area contributed by atoms with Gasteiger partial charge >= 0.3 is 6.18 Å². The molecule has 0 aliphatic carbocycles. The van der Waals surface area contributed by atoms with Crippen molar-refractivity contribution in [2.75, 3.05) is 20.1 Å². The van der Waals surface area contributed by atoms with Crippen LogP contribution in [0.15, 0.2) is 41.4 Å². The van der Waals surface area contributed by atoms with Gasteiger partial charge in [-0.3, -0.25) is 4.79 Å². The number of nitrogens with zero attached hydrogens (tertiary/aromatic N) is 3. The molecule has 0 saturated heterocycles. The van der Waals surface area contributed by atoms with E-state index in [1.807, 2.05) is 37.9 Å². The van der Waals surface area contributed by atoms with Crippen LogP contribution >= 0.6 is 0 Å². The highest BCUT2D eigenvalue weighted by Gasteiger charge is 2.34. The first-order valence-electron chi connectivity index (χ1n) is 9.78. The van der Waals surface area contributed by atoms with Crippen LogP contribution in [0, 0.1) is 20.8 Å². The average Bonchev–Trinajstić information content (AvgIpc) is 2.67. The second-order valence-electron chi connectivity index (χ2n) is 7.47. The van der Waals surface area contributed by atoms with Crippen LogP contribution in [-0.4, -0.2) is 48.4 Å². The molecule has 2 aromatic carbocycles. The molecule has 162 valence electrons. The maximum atomic E-state index is 13.2. The minimum absolute atomic E-state index is 0.106. The summed E-state index contributed by atoms with van der Waals surface area (Å²) in [7, 11) is 1.89. The van der Waals surface area contributed by atoms with Crippen LogP contribution < -0.4 is 0 Å². The number of aryl methyl sites for hydroxylation is 3. The SMILES string of the molecule is CCN(C)C=Nc1cc(C)c(C(=O)N(Cc2ccccc2C)CC(F)(F)F)cc1C. The lowest BCUT2D eigenvalue weighted by Crippen LogP contribution is -2.39. The second kappa shape index (κ2) is 9.78.